The Labute approximate surface area is 118 Å². The number of nitrogens with zero attached hydrogens (tertiary/aromatic N) is 1. The van der Waals surface area contributed by atoms with Crippen molar-refractivity contribution in [1.29, 1.82) is 0 Å². The van der Waals surface area contributed by atoms with Crippen molar-refractivity contribution in [3.8, 4) is 0 Å². The van der Waals surface area contributed by atoms with Gasteiger partial charge in [-0.2, -0.15) is 0 Å². The van der Waals surface area contributed by atoms with Crippen molar-refractivity contribution < 1.29 is 0 Å². The Hall–Kier alpha value is -0.860. The minimum absolute atomic E-state index is 0.408. The van der Waals surface area contributed by atoms with Crippen molar-refractivity contribution in [3.63, 3.8) is 0 Å². The molecule has 0 aromatic heterocycles. The van der Waals surface area contributed by atoms with Crippen LogP contribution in [0.4, 0.5) is 0 Å². The maximum Gasteiger partial charge on any atom is 0.0233 e. The lowest BCUT2D eigenvalue weighted by atomic mass is 9.98. The molecule has 2 rings (SSSR count). The summed E-state index contributed by atoms with van der Waals surface area (Å²) in [6.45, 7) is 7.97. The summed E-state index contributed by atoms with van der Waals surface area (Å²) in [4.78, 5) is 2.59. The third-order valence-corrected chi connectivity index (χ3v) is 4.33. The SMILES string of the molecule is CCC(N)CCC1CCN(Cc2cccc(C)c2)C1. The van der Waals surface area contributed by atoms with E-state index in [0.29, 0.717) is 6.04 Å². The third kappa shape index (κ3) is 4.63. The van der Waals surface area contributed by atoms with Crippen LogP contribution >= 0.6 is 0 Å². The van der Waals surface area contributed by atoms with Gasteiger partial charge in [0.25, 0.3) is 0 Å². The molecular formula is C17H28N2. The van der Waals surface area contributed by atoms with Gasteiger partial charge in [-0.1, -0.05) is 36.8 Å². The Bertz CT molecular complexity index is 389. The molecule has 2 nitrogen and oxygen atoms in total. The molecule has 1 heterocycles. The molecule has 0 spiro atoms. The van der Waals surface area contributed by atoms with Crippen molar-refractivity contribution >= 4 is 0 Å². The van der Waals surface area contributed by atoms with Gasteiger partial charge in [0.2, 0.25) is 0 Å². The van der Waals surface area contributed by atoms with Crippen molar-refractivity contribution in [3.05, 3.63) is 35.4 Å². The summed E-state index contributed by atoms with van der Waals surface area (Å²) in [6, 6.07) is 9.29. The number of benzene rings is 1. The Morgan fingerprint density at radius 3 is 3.00 bits per heavy atom. The lowest BCUT2D eigenvalue weighted by molar-refractivity contribution is 0.310. The van der Waals surface area contributed by atoms with Gasteiger partial charge >= 0.3 is 0 Å². The zero-order valence-corrected chi connectivity index (χ0v) is 12.4. The van der Waals surface area contributed by atoms with E-state index in [0.717, 1.165) is 18.9 Å². The summed E-state index contributed by atoms with van der Waals surface area (Å²) in [7, 11) is 0. The summed E-state index contributed by atoms with van der Waals surface area (Å²) < 4.78 is 0. The van der Waals surface area contributed by atoms with E-state index < -0.39 is 0 Å². The summed E-state index contributed by atoms with van der Waals surface area (Å²) >= 11 is 0. The van der Waals surface area contributed by atoms with Gasteiger partial charge in [-0.25, -0.2) is 0 Å². The number of aryl methyl sites for hydroxylation is 1. The number of rotatable bonds is 6. The Morgan fingerprint density at radius 2 is 2.26 bits per heavy atom. The molecule has 1 fully saturated rings. The summed E-state index contributed by atoms with van der Waals surface area (Å²) in [6.07, 6.45) is 4.96. The van der Waals surface area contributed by atoms with Gasteiger partial charge in [-0.05, 0) is 50.6 Å². The van der Waals surface area contributed by atoms with Crippen LogP contribution in [0, 0.1) is 12.8 Å². The first-order valence-electron chi connectivity index (χ1n) is 7.71. The van der Waals surface area contributed by atoms with Crippen LogP contribution in [0.3, 0.4) is 0 Å². The number of hydrogen-bond acceptors (Lipinski definition) is 2. The zero-order chi connectivity index (χ0) is 13.7. The molecule has 1 saturated heterocycles. The highest BCUT2D eigenvalue weighted by Gasteiger charge is 2.22. The van der Waals surface area contributed by atoms with Gasteiger partial charge in [0.1, 0.15) is 0 Å². The summed E-state index contributed by atoms with van der Waals surface area (Å²) in [5.74, 6) is 0.863. The predicted octanol–water partition coefficient (Wildman–Crippen LogP) is 3.33. The van der Waals surface area contributed by atoms with Gasteiger partial charge in [-0.15, -0.1) is 0 Å². The first-order chi connectivity index (χ1) is 9.17. The molecule has 0 saturated carbocycles. The standard InChI is InChI=1S/C17H28N2/c1-3-17(18)8-7-15-9-10-19(12-15)13-16-6-4-5-14(2)11-16/h4-6,11,15,17H,3,7-10,12-13,18H2,1-2H3. The van der Waals surface area contributed by atoms with E-state index in [9.17, 15) is 0 Å². The quantitative estimate of drug-likeness (QED) is 0.850. The average molecular weight is 260 g/mol. The van der Waals surface area contributed by atoms with E-state index >= 15 is 0 Å². The Morgan fingerprint density at radius 1 is 1.42 bits per heavy atom. The smallest absolute Gasteiger partial charge is 0.0233 e. The largest absolute Gasteiger partial charge is 0.328 e. The molecule has 2 unspecified atom stereocenters. The van der Waals surface area contributed by atoms with E-state index in [1.807, 2.05) is 0 Å². The second-order valence-electron chi connectivity index (χ2n) is 6.12. The summed E-state index contributed by atoms with van der Waals surface area (Å²) in [5, 5.41) is 0. The second-order valence-corrected chi connectivity index (χ2v) is 6.12. The molecule has 19 heavy (non-hydrogen) atoms. The number of nitrogens with two attached hydrogens (primary N) is 1. The van der Waals surface area contributed by atoms with Crippen LogP contribution in [0.2, 0.25) is 0 Å². The minimum Gasteiger partial charge on any atom is -0.328 e. The zero-order valence-electron chi connectivity index (χ0n) is 12.4. The fourth-order valence-electron chi connectivity index (χ4n) is 3.01. The summed E-state index contributed by atoms with van der Waals surface area (Å²) in [5.41, 5.74) is 8.83. The molecule has 1 aliphatic rings. The van der Waals surface area contributed by atoms with Gasteiger partial charge in [0.15, 0.2) is 0 Å². The highest BCUT2D eigenvalue weighted by molar-refractivity contribution is 5.22. The molecule has 1 aromatic rings. The lowest BCUT2D eigenvalue weighted by Gasteiger charge is -2.17. The van der Waals surface area contributed by atoms with Crippen molar-refractivity contribution in [1.82, 2.24) is 4.90 Å². The van der Waals surface area contributed by atoms with E-state index in [2.05, 4.69) is 43.0 Å². The normalized spacial score (nSPS) is 21.7. The van der Waals surface area contributed by atoms with Gasteiger partial charge < -0.3 is 5.73 Å². The molecule has 2 N–H and O–H groups in total. The van der Waals surface area contributed by atoms with Crippen LogP contribution in [0.1, 0.15) is 43.7 Å². The average Bonchev–Trinajstić information content (AvgIpc) is 2.83. The van der Waals surface area contributed by atoms with Crippen molar-refractivity contribution in [2.24, 2.45) is 11.7 Å². The van der Waals surface area contributed by atoms with Crippen LogP contribution in [-0.4, -0.2) is 24.0 Å². The molecule has 2 atom stereocenters. The van der Waals surface area contributed by atoms with Crippen molar-refractivity contribution in [2.45, 2.75) is 52.1 Å². The van der Waals surface area contributed by atoms with Crippen LogP contribution in [-0.2, 0) is 6.54 Å². The molecule has 1 aromatic carbocycles. The molecule has 0 aliphatic carbocycles. The number of likely N-dealkylation sites (tertiary alicyclic amines) is 1. The van der Waals surface area contributed by atoms with E-state index in [-0.39, 0.29) is 0 Å². The molecule has 0 radical (unpaired) electrons. The molecular weight excluding hydrogens is 232 g/mol. The first-order valence-corrected chi connectivity index (χ1v) is 7.71. The maximum absolute atomic E-state index is 6.01. The van der Waals surface area contributed by atoms with Crippen LogP contribution in [0.5, 0.6) is 0 Å². The Kier molecular flexibility index (Phi) is 5.41. The first kappa shape index (κ1) is 14.5. The van der Waals surface area contributed by atoms with Crippen molar-refractivity contribution in [2.75, 3.05) is 13.1 Å². The van der Waals surface area contributed by atoms with Gasteiger partial charge in [-0.3, -0.25) is 4.90 Å². The molecule has 0 amide bonds. The lowest BCUT2D eigenvalue weighted by Crippen LogP contribution is -2.22. The highest BCUT2D eigenvalue weighted by Crippen LogP contribution is 2.23. The second kappa shape index (κ2) is 7.06. The molecule has 106 valence electrons. The van der Waals surface area contributed by atoms with E-state index in [4.69, 9.17) is 5.73 Å². The fourth-order valence-corrected chi connectivity index (χ4v) is 3.01. The van der Waals surface area contributed by atoms with Gasteiger partial charge in [0, 0.05) is 19.1 Å². The minimum atomic E-state index is 0.408. The molecule has 0 bridgehead atoms. The Balaban J connectivity index is 1.76. The van der Waals surface area contributed by atoms with Crippen LogP contribution in [0.25, 0.3) is 0 Å². The van der Waals surface area contributed by atoms with Crippen LogP contribution in [0.15, 0.2) is 24.3 Å². The molecule has 1 aliphatic heterocycles. The van der Waals surface area contributed by atoms with Crippen LogP contribution < -0.4 is 5.73 Å². The van der Waals surface area contributed by atoms with E-state index in [1.54, 1.807) is 0 Å². The topological polar surface area (TPSA) is 29.3 Å². The van der Waals surface area contributed by atoms with E-state index in [1.165, 1.54) is 43.5 Å². The monoisotopic (exact) mass is 260 g/mol. The molecule has 2 heteroatoms. The maximum atomic E-state index is 6.01. The third-order valence-electron chi connectivity index (χ3n) is 4.33. The fraction of sp³-hybridized carbons (Fsp3) is 0.647. The number of hydrogen-bond donors (Lipinski definition) is 1. The van der Waals surface area contributed by atoms with Gasteiger partial charge in [0.05, 0.1) is 0 Å². The predicted molar refractivity (Wildman–Crippen MR) is 82.1 cm³/mol. The highest BCUT2D eigenvalue weighted by atomic mass is 15.1.